The Morgan fingerprint density at radius 1 is 1.17 bits per heavy atom. The van der Waals surface area contributed by atoms with Crippen molar-refractivity contribution >= 4 is 27.4 Å². The molecule has 4 heterocycles. The summed E-state index contributed by atoms with van der Waals surface area (Å²) < 4.78 is 5.46. The minimum atomic E-state index is 0.634. The highest BCUT2D eigenvalue weighted by Gasteiger charge is 2.25. The Morgan fingerprint density at radius 3 is 2.67 bits per heavy atom. The number of aryl methyl sites for hydroxylation is 1. The molecule has 0 unspecified atom stereocenters. The van der Waals surface area contributed by atoms with Crippen LogP contribution in [0, 0.1) is 0 Å². The molecule has 5 nitrogen and oxygen atoms in total. The molecular weight excluding hydrogens is 320 g/mol. The molecule has 0 bridgehead atoms. The maximum Gasteiger partial charge on any atom is 0.141 e. The van der Waals surface area contributed by atoms with Crippen molar-refractivity contribution in [2.75, 3.05) is 31.2 Å². The number of thiophene rings is 1. The molecule has 2 aromatic rings. The molecule has 130 valence electrons. The highest BCUT2D eigenvalue weighted by Crippen LogP contribution is 2.30. The minimum absolute atomic E-state index is 0.634. The number of fused-ring (bicyclic) bond motifs is 1. The van der Waals surface area contributed by atoms with Crippen molar-refractivity contribution < 1.29 is 4.74 Å². The number of hydrogen-bond donors (Lipinski definition) is 1. The first-order chi connectivity index (χ1) is 11.8. The third-order valence-electron chi connectivity index (χ3n) is 5.15. The molecule has 0 atom stereocenters. The first kappa shape index (κ1) is 16.2. The van der Waals surface area contributed by atoms with Gasteiger partial charge in [0.25, 0.3) is 0 Å². The molecule has 2 aliphatic heterocycles. The molecule has 2 aliphatic rings. The lowest BCUT2D eigenvalue weighted by molar-refractivity contribution is 0.0738. The largest absolute Gasteiger partial charge is 0.381 e. The van der Waals surface area contributed by atoms with Gasteiger partial charge in [-0.05, 0) is 37.1 Å². The number of anilines is 1. The van der Waals surface area contributed by atoms with Crippen molar-refractivity contribution in [1.29, 1.82) is 0 Å². The molecule has 0 aromatic carbocycles. The molecule has 2 aromatic heterocycles. The Hall–Kier alpha value is -1.24. The molecule has 2 saturated heterocycles. The third-order valence-corrected chi connectivity index (χ3v) is 5.96. The van der Waals surface area contributed by atoms with E-state index in [2.05, 4.69) is 33.6 Å². The molecule has 0 amide bonds. The van der Waals surface area contributed by atoms with E-state index in [1.165, 1.54) is 18.2 Å². The normalized spacial score (nSPS) is 20.8. The van der Waals surface area contributed by atoms with Crippen molar-refractivity contribution in [3.05, 3.63) is 17.3 Å². The van der Waals surface area contributed by atoms with Crippen LogP contribution in [0.3, 0.4) is 0 Å². The van der Waals surface area contributed by atoms with Crippen molar-refractivity contribution in [2.24, 2.45) is 0 Å². The lowest BCUT2D eigenvalue weighted by Crippen LogP contribution is -2.48. The monoisotopic (exact) mass is 346 g/mol. The van der Waals surface area contributed by atoms with Crippen LogP contribution < -0.4 is 10.2 Å². The fourth-order valence-electron chi connectivity index (χ4n) is 3.74. The predicted molar refractivity (Wildman–Crippen MR) is 99.0 cm³/mol. The minimum Gasteiger partial charge on any atom is -0.381 e. The molecule has 4 rings (SSSR count). The summed E-state index contributed by atoms with van der Waals surface area (Å²) >= 11 is 1.72. The zero-order valence-electron chi connectivity index (χ0n) is 14.3. The van der Waals surface area contributed by atoms with E-state index in [4.69, 9.17) is 9.72 Å². The smallest absolute Gasteiger partial charge is 0.141 e. The number of piperidine rings is 1. The zero-order chi connectivity index (χ0) is 16.4. The Kier molecular flexibility index (Phi) is 4.96. The Morgan fingerprint density at radius 2 is 1.92 bits per heavy atom. The topological polar surface area (TPSA) is 50.3 Å². The summed E-state index contributed by atoms with van der Waals surface area (Å²) in [5.74, 6) is 2.10. The average Bonchev–Trinajstić information content (AvgIpc) is 3.11. The van der Waals surface area contributed by atoms with Crippen LogP contribution in [0.2, 0.25) is 0 Å². The summed E-state index contributed by atoms with van der Waals surface area (Å²) in [7, 11) is 0. The number of nitrogens with one attached hydrogen (secondary N) is 1. The van der Waals surface area contributed by atoms with Gasteiger partial charge in [-0.1, -0.05) is 6.92 Å². The van der Waals surface area contributed by atoms with Gasteiger partial charge in [-0.25, -0.2) is 9.97 Å². The lowest BCUT2D eigenvalue weighted by atomic mass is 10.0. The van der Waals surface area contributed by atoms with E-state index >= 15 is 0 Å². The van der Waals surface area contributed by atoms with Crippen LogP contribution in [0.25, 0.3) is 10.2 Å². The van der Waals surface area contributed by atoms with Crippen molar-refractivity contribution in [2.45, 2.75) is 51.1 Å². The summed E-state index contributed by atoms with van der Waals surface area (Å²) in [4.78, 5) is 13.1. The van der Waals surface area contributed by atoms with Gasteiger partial charge in [-0.2, -0.15) is 0 Å². The van der Waals surface area contributed by atoms with Gasteiger partial charge in [-0.15, -0.1) is 11.3 Å². The average molecular weight is 346 g/mol. The van der Waals surface area contributed by atoms with E-state index < -0.39 is 0 Å². The zero-order valence-corrected chi connectivity index (χ0v) is 15.1. The first-order valence-electron chi connectivity index (χ1n) is 9.16. The van der Waals surface area contributed by atoms with E-state index in [-0.39, 0.29) is 0 Å². The molecule has 0 spiro atoms. The van der Waals surface area contributed by atoms with E-state index in [0.29, 0.717) is 12.1 Å². The number of rotatable bonds is 4. The molecule has 24 heavy (non-hydrogen) atoms. The number of nitrogens with zero attached hydrogens (tertiary/aromatic N) is 3. The maximum absolute atomic E-state index is 5.46. The fraction of sp³-hybridized carbons (Fsp3) is 0.667. The van der Waals surface area contributed by atoms with Crippen LogP contribution in [0.4, 0.5) is 5.82 Å². The van der Waals surface area contributed by atoms with Gasteiger partial charge in [0.15, 0.2) is 0 Å². The second kappa shape index (κ2) is 7.33. The van der Waals surface area contributed by atoms with E-state index in [1.807, 2.05) is 0 Å². The van der Waals surface area contributed by atoms with Crippen molar-refractivity contribution in [3.8, 4) is 0 Å². The van der Waals surface area contributed by atoms with Gasteiger partial charge in [0, 0.05) is 44.8 Å². The van der Waals surface area contributed by atoms with E-state index in [1.54, 1.807) is 11.3 Å². The molecular formula is C18H26N4OS. The summed E-state index contributed by atoms with van der Waals surface area (Å²) in [6.45, 7) is 6.10. The molecule has 0 saturated carbocycles. The van der Waals surface area contributed by atoms with Gasteiger partial charge in [0.05, 0.1) is 5.39 Å². The van der Waals surface area contributed by atoms with E-state index in [0.717, 1.165) is 62.0 Å². The molecule has 6 heteroatoms. The van der Waals surface area contributed by atoms with Crippen LogP contribution >= 0.6 is 11.3 Å². The molecule has 2 fully saturated rings. The second-order valence-electron chi connectivity index (χ2n) is 6.77. The Bertz CT molecular complexity index is 675. The standard InChI is InChI=1S/C18H26N4OS/c1-2-16-20-17(15-7-12-24-18(15)21-16)22-8-3-13(4-9-22)19-14-5-10-23-11-6-14/h7,12-14,19H,2-6,8-11H2,1H3. The van der Waals surface area contributed by atoms with Gasteiger partial charge in [0.1, 0.15) is 16.5 Å². The summed E-state index contributed by atoms with van der Waals surface area (Å²) in [5.41, 5.74) is 0. The molecule has 0 aliphatic carbocycles. The SMILES string of the molecule is CCc1nc(N2CCC(NC3CCOCC3)CC2)c2ccsc2n1. The Labute approximate surface area is 147 Å². The molecule has 0 radical (unpaired) electrons. The van der Waals surface area contributed by atoms with Gasteiger partial charge in [-0.3, -0.25) is 0 Å². The maximum atomic E-state index is 5.46. The van der Waals surface area contributed by atoms with Crippen LogP contribution in [-0.4, -0.2) is 48.4 Å². The third kappa shape index (κ3) is 3.41. The second-order valence-corrected chi connectivity index (χ2v) is 7.67. The van der Waals surface area contributed by atoms with E-state index in [9.17, 15) is 0 Å². The number of hydrogen-bond acceptors (Lipinski definition) is 6. The van der Waals surface area contributed by atoms with Gasteiger partial charge in [0.2, 0.25) is 0 Å². The Balaban J connectivity index is 1.43. The van der Waals surface area contributed by atoms with Crippen LogP contribution in [0.5, 0.6) is 0 Å². The van der Waals surface area contributed by atoms with Gasteiger partial charge >= 0.3 is 0 Å². The predicted octanol–water partition coefficient (Wildman–Crippen LogP) is 2.99. The van der Waals surface area contributed by atoms with Gasteiger partial charge < -0.3 is 15.0 Å². The van der Waals surface area contributed by atoms with Crippen LogP contribution in [0.15, 0.2) is 11.4 Å². The first-order valence-corrected chi connectivity index (χ1v) is 10.0. The number of aromatic nitrogens is 2. The highest BCUT2D eigenvalue weighted by atomic mass is 32.1. The number of ether oxygens (including phenoxy) is 1. The fourth-order valence-corrected chi connectivity index (χ4v) is 4.51. The summed E-state index contributed by atoms with van der Waals surface area (Å²) in [6, 6.07) is 3.45. The highest BCUT2D eigenvalue weighted by molar-refractivity contribution is 7.16. The van der Waals surface area contributed by atoms with Crippen LogP contribution in [-0.2, 0) is 11.2 Å². The summed E-state index contributed by atoms with van der Waals surface area (Å²) in [6.07, 6.45) is 5.58. The quantitative estimate of drug-likeness (QED) is 0.922. The van der Waals surface area contributed by atoms with Crippen LogP contribution in [0.1, 0.15) is 38.4 Å². The lowest BCUT2D eigenvalue weighted by Gasteiger charge is -2.36. The van der Waals surface area contributed by atoms with Crippen molar-refractivity contribution in [3.63, 3.8) is 0 Å². The molecule has 1 N–H and O–H groups in total. The summed E-state index contributed by atoms with van der Waals surface area (Å²) in [5, 5.41) is 7.19. The van der Waals surface area contributed by atoms with Crippen molar-refractivity contribution in [1.82, 2.24) is 15.3 Å².